The van der Waals surface area contributed by atoms with Crippen molar-refractivity contribution in [1.82, 2.24) is 9.88 Å². The molecule has 1 aromatic heterocycles. The summed E-state index contributed by atoms with van der Waals surface area (Å²) in [6, 6.07) is 3.30. The minimum Gasteiger partial charge on any atom is -0.350 e. The summed E-state index contributed by atoms with van der Waals surface area (Å²) in [5, 5.41) is 2.97. The Balaban J connectivity index is 2.26. The van der Waals surface area contributed by atoms with Gasteiger partial charge in [-0.05, 0) is 45.1 Å². The number of nitrogens with two attached hydrogens (primary N) is 1. The van der Waals surface area contributed by atoms with E-state index in [4.69, 9.17) is 5.73 Å². The predicted molar refractivity (Wildman–Crippen MR) is 83.1 cm³/mol. The minimum absolute atomic E-state index is 0.0317. The maximum Gasteiger partial charge on any atom is 0.251 e. The first kappa shape index (κ1) is 15.8. The summed E-state index contributed by atoms with van der Waals surface area (Å²) in [5.74, 6) is -0.128. The minimum atomic E-state index is -0.258. The molecule has 21 heavy (non-hydrogen) atoms. The van der Waals surface area contributed by atoms with Crippen molar-refractivity contribution in [3.8, 4) is 0 Å². The topological polar surface area (TPSA) is 77.1 Å². The van der Waals surface area contributed by atoms with Crippen LogP contribution in [0.3, 0.4) is 0 Å². The third-order valence-electron chi connectivity index (χ3n) is 4.32. The Morgan fingerprint density at radius 1 is 1.48 bits per heavy atom. The molecule has 1 amide bonds. The Morgan fingerprint density at radius 2 is 2.19 bits per heavy atom. The van der Waals surface area contributed by atoms with Gasteiger partial charge in [-0.15, -0.1) is 0 Å². The molecule has 5 heteroatoms. The van der Waals surface area contributed by atoms with E-state index < -0.39 is 0 Å². The molecule has 1 aliphatic carbocycles. The highest BCUT2D eigenvalue weighted by atomic mass is 16.2. The van der Waals surface area contributed by atoms with Crippen LogP contribution in [0.25, 0.3) is 0 Å². The normalized spacial score (nSPS) is 18.2. The average molecular weight is 291 g/mol. The van der Waals surface area contributed by atoms with Crippen LogP contribution in [-0.2, 0) is 17.8 Å². The number of carbonyl (C=O) groups is 1. The second kappa shape index (κ2) is 6.02. The maximum atomic E-state index is 12.2. The highest BCUT2D eigenvalue weighted by Crippen LogP contribution is 2.26. The van der Waals surface area contributed by atoms with Gasteiger partial charge in [0.2, 0.25) is 5.91 Å². The zero-order chi connectivity index (χ0) is 15.6. The molecule has 0 saturated heterocycles. The van der Waals surface area contributed by atoms with Crippen LogP contribution in [0, 0.1) is 0 Å². The molecule has 1 heterocycles. The van der Waals surface area contributed by atoms with E-state index in [1.807, 2.05) is 26.8 Å². The van der Waals surface area contributed by atoms with Crippen molar-refractivity contribution in [2.45, 2.75) is 64.6 Å². The van der Waals surface area contributed by atoms with Gasteiger partial charge < -0.3 is 15.6 Å². The average Bonchev–Trinajstić information content (AvgIpc) is 2.42. The third-order valence-corrected chi connectivity index (χ3v) is 4.32. The van der Waals surface area contributed by atoms with E-state index in [1.54, 1.807) is 4.57 Å². The number of carbonyl (C=O) groups excluding carboxylic acids is 1. The van der Waals surface area contributed by atoms with Gasteiger partial charge in [-0.3, -0.25) is 9.59 Å². The van der Waals surface area contributed by atoms with E-state index in [0.717, 1.165) is 36.9 Å². The fourth-order valence-corrected chi connectivity index (χ4v) is 2.72. The van der Waals surface area contributed by atoms with Crippen molar-refractivity contribution in [3.05, 3.63) is 33.7 Å². The summed E-state index contributed by atoms with van der Waals surface area (Å²) in [7, 11) is 0. The van der Waals surface area contributed by atoms with Gasteiger partial charge in [-0.2, -0.15) is 0 Å². The van der Waals surface area contributed by atoms with Crippen molar-refractivity contribution in [1.29, 1.82) is 0 Å². The zero-order valence-electron chi connectivity index (χ0n) is 13.1. The number of amides is 1. The van der Waals surface area contributed by atoms with Gasteiger partial charge in [0.25, 0.3) is 5.56 Å². The largest absolute Gasteiger partial charge is 0.350 e. The zero-order valence-corrected chi connectivity index (χ0v) is 13.1. The van der Waals surface area contributed by atoms with E-state index in [1.165, 1.54) is 6.07 Å². The molecule has 1 atom stereocenters. The fraction of sp³-hybridized carbons (Fsp3) is 0.625. The second-order valence-corrected chi connectivity index (χ2v) is 6.44. The van der Waals surface area contributed by atoms with Gasteiger partial charge in [0.05, 0.1) is 0 Å². The highest BCUT2D eigenvalue weighted by Gasteiger charge is 2.23. The van der Waals surface area contributed by atoms with Crippen LogP contribution in [0.15, 0.2) is 16.9 Å². The van der Waals surface area contributed by atoms with Crippen molar-refractivity contribution in [2.75, 3.05) is 0 Å². The number of nitrogens with zero attached hydrogens (tertiary/aromatic N) is 1. The summed E-state index contributed by atoms with van der Waals surface area (Å²) in [6.07, 6.45) is 3.54. The maximum absolute atomic E-state index is 12.2. The van der Waals surface area contributed by atoms with Gasteiger partial charge >= 0.3 is 0 Å². The first-order chi connectivity index (χ1) is 9.84. The molecule has 1 unspecified atom stereocenters. The number of nitrogens with one attached hydrogen (secondary N) is 1. The second-order valence-electron chi connectivity index (χ2n) is 6.44. The number of hydrogen-bond acceptors (Lipinski definition) is 3. The molecule has 0 spiro atoms. The number of pyridine rings is 1. The molecule has 0 radical (unpaired) electrons. The number of hydrogen-bond donors (Lipinski definition) is 2. The Hall–Kier alpha value is -1.62. The van der Waals surface area contributed by atoms with Crippen LogP contribution < -0.4 is 16.6 Å². The van der Waals surface area contributed by atoms with E-state index in [9.17, 15) is 9.59 Å². The SMILES string of the molecule is CCC(C)(C)NC(=O)Cn1c2c(ccc1=O)C(N)CCC2. The lowest BCUT2D eigenvalue weighted by atomic mass is 9.91. The quantitative estimate of drug-likeness (QED) is 0.882. The van der Waals surface area contributed by atoms with E-state index in [0.29, 0.717) is 0 Å². The number of fused-ring (bicyclic) bond motifs is 1. The molecular formula is C16H25N3O2. The molecule has 1 aliphatic rings. The lowest BCUT2D eigenvalue weighted by molar-refractivity contribution is -0.123. The first-order valence-corrected chi connectivity index (χ1v) is 7.63. The smallest absolute Gasteiger partial charge is 0.251 e. The summed E-state index contributed by atoms with van der Waals surface area (Å²) >= 11 is 0. The van der Waals surface area contributed by atoms with E-state index in [-0.39, 0.29) is 29.6 Å². The summed E-state index contributed by atoms with van der Waals surface area (Å²) in [5.41, 5.74) is 7.64. The standard InChI is InChI=1S/C16H25N3O2/c1-4-16(2,3)18-14(20)10-19-13-7-5-6-12(17)11(13)8-9-15(19)21/h8-9,12H,4-7,10,17H2,1-3H3,(H,18,20). The van der Waals surface area contributed by atoms with E-state index in [2.05, 4.69) is 5.32 Å². The van der Waals surface area contributed by atoms with Gasteiger partial charge in [-0.25, -0.2) is 0 Å². The van der Waals surface area contributed by atoms with Crippen molar-refractivity contribution < 1.29 is 4.79 Å². The van der Waals surface area contributed by atoms with Crippen molar-refractivity contribution >= 4 is 5.91 Å². The lowest BCUT2D eigenvalue weighted by Gasteiger charge is -2.27. The van der Waals surface area contributed by atoms with Gasteiger partial charge in [-0.1, -0.05) is 13.0 Å². The van der Waals surface area contributed by atoms with Gasteiger partial charge in [0.15, 0.2) is 0 Å². The molecule has 0 aliphatic heterocycles. The Kier molecular flexibility index (Phi) is 4.52. The van der Waals surface area contributed by atoms with Crippen LogP contribution in [0.5, 0.6) is 0 Å². The highest BCUT2D eigenvalue weighted by molar-refractivity contribution is 5.76. The summed E-state index contributed by atoms with van der Waals surface area (Å²) in [6.45, 7) is 6.04. The molecule has 2 rings (SSSR count). The van der Waals surface area contributed by atoms with Crippen LogP contribution in [0.1, 0.15) is 57.3 Å². The Bertz CT molecular complexity index is 590. The predicted octanol–water partition coefficient (Wildman–Crippen LogP) is 1.49. The Labute approximate surface area is 125 Å². The molecule has 1 aromatic rings. The van der Waals surface area contributed by atoms with Crippen molar-refractivity contribution in [3.63, 3.8) is 0 Å². The molecule has 116 valence electrons. The van der Waals surface area contributed by atoms with Gasteiger partial charge in [0, 0.05) is 23.3 Å². The molecule has 5 nitrogen and oxygen atoms in total. The number of rotatable bonds is 4. The molecule has 0 bridgehead atoms. The van der Waals surface area contributed by atoms with Crippen molar-refractivity contribution in [2.24, 2.45) is 5.73 Å². The van der Waals surface area contributed by atoms with E-state index >= 15 is 0 Å². The lowest BCUT2D eigenvalue weighted by Crippen LogP contribution is -2.45. The summed E-state index contributed by atoms with van der Waals surface area (Å²) in [4.78, 5) is 24.3. The van der Waals surface area contributed by atoms with Crippen LogP contribution >= 0.6 is 0 Å². The molecule has 0 fully saturated rings. The van der Waals surface area contributed by atoms with Crippen LogP contribution in [0.2, 0.25) is 0 Å². The van der Waals surface area contributed by atoms with Gasteiger partial charge in [0.1, 0.15) is 6.54 Å². The number of aromatic nitrogens is 1. The van der Waals surface area contributed by atoms with Crippen LogP contribution in [-0.4, -0.2) is 16.0 Å². The molecule has 0 aromatic carbocycles. The fourth-order valence-electron chi connectivity index (χ4n) is 2.72. The molecule has 0 saturated carbocycles. The molecular weight excluding hydrogens is 266 g/mol. The monoisotopic (exact) mass is 291 g/mol. The summed E-state index contributed by atoms with van der Waals surface area (Å²) < 4.78 is 1.58. The Morgan fingerprint density at radius 3 is 2.86 bits per heavy atom. The third kappa shape index (κ3) is 3.53. The van der Waals surface area contributed by atoms with Crippen LogP contribution in [0.4, 0.5) is 0 Å². The molecule has 3 N–H and O–H groups in total. The first-order valence-electron chi connectivity index (χ1n) is 7.63.